The van der Waals surface area contributed by atoms with Crippen molar-refractivity contribution in [2.45, 2.75) is 33.4 Å². The fourth-order valence-electron chi connectivity index (χ4n) is 2.35. The maximum absolute atomic E-state index is 4.72. The maximum Gasteiger partial charge on any atom is 0.107 e. The molecule has 0 atom stereocenters. The van der Waals surface area contributed by atoms with Crippen LogP contribution in [0.1, 0.15) is 31.0 Å². The van der Waals surface area contributed by atoms with Gasteiger partial charge in [-0.25, -0.2) is 4.98 Å². The molecule has 1 N–H and O–H groups in total. The SMILES string of the molecule is CCCNCc1csc(CN2CCN(CC)CC2)n1. The summed E-state index contributed by atoms with van der Waals surface area (Å²) < 4.78 is 0. The van der Waals surface area contributed by atoms with E-state index in [0.29, 0.717) is 0 Å². The van der Waals surface area contributed by atoms with E-state index in [-0.39, 0.29) is 0 Å². The highest BCUT2D eigenvalue weighted by Crippen LogP contribution is 2.13. The second kappa shape index (κ2) is 7.94. The van der Waals surface area contributed by atoms with E-state index in [1.165, 1.54) is 49.8 Å². The summed E-state index contributed by atoms with van der Waals surface area (Å²) in [7, 11) is 0. The van der Waals surface area contributed by atoms with Crippen LogP contribution in [0.5, 0.6) is 0 Å². The highest BCUT2D eigenvalue weighted by molar-refractivity contribution is 7.09. The average Bonchev–Trinajstić information content (AvgIpc) is 2.88. The molecule has 1 aliphatic rings. The Hall–Kier alpha value is -0.490. The van der Waals surface area contributed by atoms with Crippen LogP contribution in [0.25, 0.3) is 0 Å². The molecule has 1 fully saturated rings. The van der Waals surface area contributed by atoms with Gasteiger partial charge in [-0.3, -0.25) is 4.90 Å². The summed E-state index contributed by atoms with van der Waals surface area (Å²) in [6.07, 6.45) is 1.18. The first-order valence-corrected chi connectivity index (χ1v) is 8.28. The molecule has 1 aromatic heterocycles. The van der Waals surface area contributed by atoms with Gasteiger partial charge in [0.15, 0.2) is 0 Å². The normalized spacial score (nSPS) is 18.0. The lowest BCUT2D eigenvalue weighted by Gasteiger charge is -2.33. The molecular formula is C14H26N4S. The lowest BCUT2D eigenvalue weighted by Crippen LogP contribution is -2.45. The third-order valence-electron chi connectivity index (χ3n) is 3.60. The fourth-order valence-corrected chi connectivity index (χ4v) is 3.19. The molecule has 0 aromatic carbocycles. The Morgan fingerprint density at radius 3 is 2.63 bits per heavy atom. The molecule has 0 amide bonds. The summed E-state index contributed by atoms with van der Waals surface area (Å²) in [5.41, 5.74) is 1.20. The van der Waals surface area contributed by atoms with Crippen LogP contribution in [0.15, 0.2) is 5.38 Å². The smallest absolute Gasteiger partial charge is 0.107 e. The average molecular weight is 282 g/mol. The van der Waals surface area contributed by atoms with Crippen molar-refractivity contribution in [3.05, 3.63) is 16.1 Å². The molecule has 0 radical (unpaired) electrons. The van der Waals surface area contributed by atoms with Crippen molar-refractivity contribution >= 4 is 11.3 Å². The number of hydrogen-bond donors (Lipinski definition) is 1. The Bertz CT molecular complexity index is 358. The van der Waals surface area contributed by atoms with Gasteiger partial charge in [-0.2, -0.15) is 0 Å². The van der Waals surface area contributed by atoms with Crippen LogP contribution in [0.4, 0.5) is 0 Å². The number of rotatable bonds is 7. The van der Waals surface area contributed by atoms with Gasteiger partial charge in [0.2, 0.25) is 0 Å². The molecule has 2 rings (SSSR count). The predicted octanol–water partition coefficient (Wildman–Crippen LogP) is 1.78. The van der Waals surface area contributed by atoms with Crippen molar-refractivity contribution in [2.75, 3.05) is 39.3 Å². The van der Waals surface area contributed by atoms with E-state index in [9.17, 15) is 0 Å². The van der Waals surface area contributed by atoms with Crippen LogP contribution in [0.3, 0.4) is 0 Å². The molecule has 19 heavy (non-hydrogen) atoms. The number of hydrogen-bond acceptors (Lipinski definition) is 5. The molecule has 0 aliphatic carbocycles. The molecule has 0 spiro atoms. The third kappa shape index (κ3) is 4.84. The standard InChI is InChI=1S/C14H26N4S/c1-3-5-15-10-13-12-19-14(16-13)11-18-8-6-17(4-2)7-9-18/h12,15H,3-11H2,1-2H3. The summed E-state index contributed by atoms with van der Waals surface area (Å²) in [5.74, 6) is 0. The molecule has 4 nitrogen and oxygen atoms in total. The Morgan fingerprint density at radius 2 is 1.95 bits per heavy atom. The van der Waals surface area contributed by atoms with Gasteiger partial charge in [0.1, 0.15) is 5.01 Å². The van der Waals surface area contributed by atoms with E-state index in [1.54, 1.807) is 11.3 Å². The Labute approximate surface area is 120 Å². The van der Waals surface area contributed by atoms with E-state index in [1.807, 2.05) is 0 Å². The Balaban J connectivity index is 1.74. The minimum Gasteiger partial charge on any atom is -0.311 e. The minimum absolute atomic E-state index is 0.911. The van der Waals surface area contributed by atoms with Gasteiger partial charge >= 0.3 is 0 Å². The van der Waals surface area contributed by atoms with Gasteiger partial charge < -0.3 is 10.2 Å². The van der Waals surface area contributed by atoms with E-state index in [0.717, 1.165) is 19.6 Å². The number of aromatic nitrogens is 1. The zero-order valence-electron chi connectivity index (χ0n) is 12.2. The Kier molecular flexibility index (Phi) is 6.23. The molecule has 1 saturated heterocycles. The van der Waals surface area contributed by atoms with Gasteiger partial charge in [-0.05, 0) is 19.5 Å². The predicted molar refractivity (Wildman–Crippen MR) is 81.5 cm³/mol. The van der Waals surface area contributed by atoms with Crippen molar-refractivity contribution in [3.8, 4) is 0 Å². The quantitative estimate of drug-likeness (QED) is 0.773. The molecule has 1 aromatic rings. The van der Waals surface area contributed by atoms with Gasteiger partial charge in [-0.15, -0.1) is 11.3 Å². The van der Waals surface area contributed by atoms with E-state index in [4.69, 9.17) is 4.98 Å². The number of piperazine rings is 1. The fraction of sp³-hybridized carbons (Fsp3) is 0.786. The summed E-state index contributed by atoms with van der Waals surface area (Å²) >= 11 is 1.80. The first-order chi connectivity index (χ1) is 9.31. The second-order valence-corrected chi connectivity index (χ2v) is 6.06. The van der Waals surface area contributed by atoms with Crippen molar-refractivity contribution in [3.63, 3.8) is 0 Å². The topological polar surface area (TPSA) is 31.4 Å². The first kappa shape index (κ1) is 14.9. The lowest BCUT2D eigenvalue weighted by molar-refractivity contribution is 0.132. The van der Waals surface area contributed by atoms with Crippen molar-refractivity contribution in [2.24, 2.45) is 0 Å². The Morgan fingerprint density at radius 1 is 1.21 bits per heavy atom. The van der Waals surface area contributed by atoms with Crippen LogP contribution in [0.2, 0.25) is 0 Å². The highest BCUT2D eigenvalue weighted by atomic mass is 32.1. The van der Waals surface area contributed by atoms with Crippen LogP contribution in [-0.2, 0) is 13.1 Å². The van der Waals surface area contributed by atoms with Gasteiger partial charge in [0.25, 0.3) is 0 Å². The summed E-state index contributed by atoms with van der Waals surface area (Å²) in [4.78, 5) is 9.75. The third-order valence-corrected chi connectivity index (χ3v) is 4.49. The van der Waals surface area contributed by atoms with E-state index in [2.05, 4.69) is 34.3 Å². The monoisotopic (exact) mass is 282 g/mol. The summed E-state index contributed by atoms with van der Waals surface area (Å²) in [5, 5.41) is 6.86. The van der Waals surface area contributed by atoms with Gasteiger partial charge in [-0.1, -0.05) is 13.8 Å². The largest absolute Gasteiger partial charge is 0.311 e. The number of likely N-dealkylation sites (N-methyl/N-ethyl adjacent to an activating group) is 1. The van der Waals surface area contributed by atoms with E-state index >= 15 is 0 Å². The molecule has 0 saturated carbocycles. The lowest BCUT2D eigenvalue weighted by atomic mass is 10.3. The molecule has 5 heteroatoms. The molecule has 0 bridgehead atoms. The van der Waals surface area contributed by atoms with Crippen molar-refractivity contribution in [1.29, 1.82) is 0 Å². The zero-order chi connectivity index (χ0) is 13.5. The molecule has 2 heterocycles. The maximum atomic E-state index is 4.72. The molecular weight excluding hydrogens is 256 g/mol. The van der Waals surface area contributed by atoms with Crippen molar-refractivity contribution in [1.82, 2.24) is 20.1 Å². The second-order valence-electron chi connectivity index (χ2n) is 5.12. The van der Waals surface area contributed by atoms with Crippen LogP contribution in [-0.4, -0.2) is 54.1 Å². The molecule has 1 aliphatic heterocycles. The van der Waals surface area contributed by atoms with Crippen LogP contribution in [0, 0.1) is 0 Å². The molecule has 108 valence electrons. The van der Waals surface area contributed by atoms with Crippen LogP contribution >= 0.6 is 11.3 Å². The minimum atomic E-state index is 0.911. The number of nitrogens with one attached hydrogen (secondary N) is 1. The van der Waals surface area contributed by atoms with Gasteiger partial charge in [0, 0.05) is 38.1 Å². The summed E-state index contributed by atoms with van der Waals surface area (Å²) in [6.45, 7) is 13.4. The molecule has 0 unspecified atom stereocenters. The highest BCUT2D eigenvalue weighted by Gasteiger charge is 2.16. The number of thiazole rings is 1. The van der Waals surface area contributed by atoms with Gasteiger partial charge in [0.05, 0.1) is 12.2 Å². The summed E-state index contributed by atoms with van der Waals surface area (Å²) in [6, 6.07) is 0. The zero-order valence-corrected chi connectivity index (χ0v) is 13.0. The van der Waals surface area contributed by atoms with E-state index < -0.39 is 0 Å². The first-order valence-electron chi connectivity index (χ1n) is 7.40. The van der Waals surface area contributed by atoms with Crippen LogP contribution < -0.4 is 5.32 Å². The number of nitrogens with zero attached hydrogens (tertiary/aromatic N) is 3. The van der Waals surface area contributed by atoms with Crippen molar-refractivity contribution < 1.29 is 0 Å².